The van der Waals surface area contributed by atoms with Crippen LogP contribution >= 0.6 is 0 Å². The van der Waals surface area contributed by atoms with Crippen molar-refractivity contribution in [1.82, 2.24) is 15.0 Å². The monoisotopic (exact) mass is 301 g/mol. The Morgan fingerprint density at radius 2 is 1.77 bits per heavy atom. The van der Waals surface area contributed by atoms with E-state index in [2.05, 4.69) is 10.3 Å². The molecule has 3 aromatic rings. The van der Waals surface area contributed by atoms with Crippen LogP contribution in [-0.2, 0) is 0 Å². The van der Waals surface area contributed by atoms with Gasteiger partial charge in [0.25, 0.3) is 0 Å². The Balaban J connectivity index is 2.26. The lowest BCUT2D eigenvalue weighted by Gasteiger charge is -2.07. The van der Waals surface area contributed by atoms with Gasteiger partial charge in [0.2, 0.25) is 0 Å². The van der Waals surface area contributed by atoms with E-state index in [1.54, 1.807) is 30.3 Å². The van der Waals surface area contributed by atoms with E-state index in [-0.39, 0.29) is 17.0 Å². The second-order valence-electron chi connectivity index (χ2n) is 4.47. The average Bonchev–Trinajstić information content (AvgIpc) is 2.96. The number of hydrogen-bond acceptors (Lipinski definition) is 3. The van der Waals surface area contributed by atoms with Gasteiger partial charge >= 0.3 is 5.97 Å². The highest BCUT2D eigenvalue weighted by Crippen LogP contribution is 2.26. The first-order chi connectivity index (χ1) is 10.6. The van der Waals surface area contributed by atoms with E-state index in [4.69, 9.17) is 0 Å². The van der Waals surface area contributed by atoms with Gasteiger partial charge in [-0.3, -0.25) is 0 Å². The molecule has 0 bridgehead atoms. The first-order valence-electron chi connectivity index (χ1n) is 6.28. The van der Waals surface area contributed by atoms with Gasteiger partial charge in [0.15, 0.2) is 17.3 Å². The van der Waals surface area contributed by atoms with E-state index in [1.807, 2.05) is 0 Å². The van der Waals surface area contributed by atoms with Crippen molar-refractivity contribution < 1.29 is 18.7 Å². The predicted molar refractivity (Wildman–Crippen MR) is 73.7 cm³/mol. The van der Waals surface area contributed by atoms with Gasteiger partial charge in [0, 0.05) is 5.56 Å². The molecule has 22 heavy (non-hydrogen) atoms. The Morgan fingerprint density at radius 1 is 1.05 bits per heavy atom. The van der Waals surface area contributed by atoms with Crippen LogP contribution in [0.4, 0.5) is 8.78 Å². The molecular formula is C15H9F2N3O2. The molecular weight excluding hydrogens is 292 g/mol. The largest absolute Gasteiger partial charge is 0.476 e. The number of benzene rings is 2. The summed E-state index contributed by atoms with van der Waals surface area (Å²) in [7, 11) is 0. The molecule has 2 aromatic carbocycles. The number of carbonyl (C=O) groups is 1. The van der Waals surface area contributed by atoms with Crippen LogP contribution in [0.1, 0.15) is 10.5 Å². The zero-order valence-electron chi connectivity index (χ0n) is 11.1. The molecule has 7 heteroatoms. The summed E-state index contributed by atoms with van der Waals surface area (Å²) in [6.45, 7) is 0. The van der Waals surface area contributed by atoms with Crippen molar-refractivity contribution in [1.29, 1.82) is 0 Å². The minimum Gasteiger partial charge on any atom is -0.476 e. The molecule has 110 valence electrons. The van der Waals surface area contributed by atoms with Crippen LogP contribution < -0.4 is 0 Å². The maximum absolute atomic E-state index is 13.5. The molecule has 0 fully saturated rings. The molecule has 0 atom stereocenters. The van der Waals surface area contributed by atoms with Crippen LogP contribution in [0.25, 0.3) is 16.9 Å². The Bertz CT molecular complexity index is 847. The molecule has 0 aliphatic carbocycles. The molecule has 0 saturated carbocycles. The molecule has 0 saturated heterocycles. The summed E-state index contributed by atoms with van der Waals surface area (Å²) in [5.74, 6) is -3.39. The molecule has 0 aliphatic rings. The highest BCUT2D eigenvalue weighted by atomic mass is 19.2. The number of rotatable bonds is 3. The van der Waals surface area contributed by atoms with Gasteiger partial charge in [-0.25, -0.2) is 18.3 Å². The summed E-state index contributed by atoms with van der Waals surface area (Å²) in [5, 5.41) is 16.7. The fraction of sp³-hybridized carbons (Fsp3) is 0. The van der Waals surface area contributed by atoms with Crippen LogP contribution in [0.3, 0.4) is 0 Å². The SMILES string of the molecule is O=C(O)c1nnn(-c2ccccc2)c1-c1ccc(F)c(F)c1. The third-order valence-corrected chi connectivity index (χ3v) is 3.07. The van der Waals surface area contributed by atoms with Crippen molar-refractivity contribution in [3.63, 3.8) is 0 Å². The molecule has 0 radical (unpaired) electrons. The number of aromatic nitrogens is 3. The molecule has 1 aromatic heterocycles. The fourth-order valence-corrected chi connectivity index (χ4v) is 2.08. The molecule has 1 N–H and O–H groups in total. The van der Waals surface area contributed by atoms with Crippen LogP contribution in [0, 0.1) is 11.6 Å². The Labute approximate surface area is 123 Å². The van der Waals surface area contributed by atoms with Crippen molar-refractivity contribution in [2.75, 3.05) is 0 Å². The maximum atomic E-state index is 13.5. The summed E-state index contributed by atoms with van der Waals surface area (Å²) in [5.41, 5.74) is 0.472. The van der Waals surface area contributed by atoms with Crippen molar-refractivity contribution >= 4 is 5.97 Å². The van der Waals surface area contributed by atoms with Gasteiger partial charge in [-0.05, 0) is 30.3 Å². The third kappa shape index (κ3) is 2.32. The second-order valence-corrected chi connectivity index (χ2v) is 4.47. The van der Waals surface area contributed by atoms with Gasteiger partial charge in [0.1, 0.15) is 5.69 Å². The van der Waals surface area contributed by atoms with Crippen LogP contribution in [0.2, 0.25) is 0 Å². The Hall–Kier alpha value is -3.09. The van der Waals surface area contributed by atoms with Crippen molar-refractivity contribution in [3.05, 3.63) is 65.9 Å². The standard InChI is InChI=1S/C15H9F2N3O2/c16-11-7-6-9(8-12(11)17)14-13(15(21)22)18-19-20(14)10-4-2-1-3-5-10/h1-8H,(H,21,22). The summed E-state index contributed by atoms with van der Waals surface area (Å²) >= 11 is 0. The predicted octanol–water partition coefficient (Wildman–Crippen LogP) is 2.91. The topological polar surface area (TPSA) is 68.0 Å². The average molecular weight is 301 g/mol. The van der Waals surface area contributed by atoms with Gasteiger partial charge in [-0.15, -0.1) is 5.10 Å². The highest BCUT2D eigenvalue weighted by Gasteiger charge is 2.22. The van der Waals surface area contributed by atoms with E-state index in [9.17, 15) is 18.7 Å². The van der Waals surface area contributed by atoms with Crippen LogP contribution in [-0.4, -0.2) is 26.1 Å². The number of hydrogen-bond donors (Lipinski definition) is 1. The zero-order chi connectivity index (χ0) is 15.7. The highest BCUT2D eigenvalue weighted by molar-refractivity contribution is 5.93. The zero-order valence-corrected chi connectivity index (χ0v) is 11.1. The van der Waals surface area contributed by atoms with Crippen molar-refractivity contribution in [3.8, 4) is 16.9 Å². The normalized spacial score (nSPS) is 10.6. The number of para-hydroxylation sites is 1. The molecule has 5 nitrogen and oxygen atoms in total. The van der Waals surface area contributed by atoms with E-state index in [0.717, 1.165) is 12.1 Å². The van der Waals surface area contributed by atoms with Gasteiger partial charge in [-0.1, -0.05) is 23.4 Å². The molecule has 3 rings (SSSR count). The van der Waals surface area contributed by atoms with E-state index in [1.165, 1.54) is 10.7 Å². The number of halogens is 2. The molecule has 0 unspecified atom stereocenters. The minimum absolute atomic E-state index is 0.0811. The lowest BCUT2D eigenvalue weighted by atomic mass is 10.1. The van der Waals surface area contributed by atoms with Gasteiger partial charge < -0.3 is 5.11 Å². The summed E-state index contributed by atoms with van der Waals surface area (Å²) in [6, 6.07) is 11.8. The number of carboxylic acids is 1. The third-order valence-electron chi connectivity index (χ3n) is 3.07. The summed E-state index contributed by atoms with van der Waals surface area (Å²) in [6.07, 6.45) is 0. The fourth-order valence-electron chi connectivity index (χ4n) is 2.08. The van der Waals surface area contributed by atoms with E-state index >= 15 is 0 Å². The van der Waals surface area contributed by atoms with Crippen molar-refractivity contribution in [2.45, 2.75) is 0 Å². The minimum atomic E-state index is -1.30. The Kier molecular flexibility index (Phi) is 3.38. The van der Waals surface area contributed by atoms with Crippen molar-refractivity contribution in [2.24, 2.45) is 0 Å². The van der Waals surface area contributed by atoms with Gasteiger partial charge in [0.05, 0.1) is 5.69 Å². The lowest BCUT2D eigenvalue weighted by molar-refractivity contribution is 0.0691. The molecule has 0 spiro atoms. The lowest BCUT2D eigenvalue weighted by Crippen LogP contribution is -2.03. The quantitative estimate of drug-likeness (QED) is 0.807. The second kappa shape index (κ2) is 5.36. The first-order valence-corrected chi connectivity index (χ1v) is 6.28. The maximum Gasteiger partial charge on any atom is 0.358 e. The summed E-state index contributed by atoms with van der Waals surface area (Å²) in [4.78, 5) is 11.3. The smallest absolute Gasteiger partial charge is 0.358 e. The number of nitrogens with zero attached hydrogens (tertiary/aromatic N) is 3. The van der Waals surface area contributed by atoms with E-state index in [0.29, 0.717) is 5.69 Å². The molecule has 0 amide bonds. The number of aromatic carboxylic acids is 1. The van der Waals surface area contributed by atoms with Crippen LogP contribution in [0.5, 0.6) is 0 Å². The van der Waals surface area contributed by atoms with Gasteiger partial charge in [-0.2, -0.15) is 0 Å². The Morgan fingerprint density at radius 3 is 2.41 bits per heavy atom. The molecule has 1 heterocycles. The first kappa shape index (κ1) is 13.9. The van der Waals surface area contributed by atoms with E-state index < -0.39 is 17.6 Å². The molecule has 0 aliphatic heterocycles. The van der Waals surface area contributed by atoms with Crippen LogP contribution in [0.15, 0.2) is 48.5 Å². The number of carboxylic acid groups (broad SMARTS) is 1. The summed E-state index contributed by atoms with van der Waals surface area (Å²) < 4.78 is 27.8.